The minimum atomic E-state index is -0.535. The highest BCUT2D eigenvalue weighted by molar-refractivity contribution is 6.25. The Labute approximate surface area is 400 Å². The standard InChI is InChI=1S/C69H42/c1-3-13-59(14-4-1)69(60-15-5-2-6-16-60)63-41-51(43-17-21-45(22-18-43)57-37-53-29-25-47-9-7-10-48-26-30-54(38-57)67(53)65(47)48)33-35-61(63)62-36-34-52(42-64(62)69)44-19-23-46(24-20-44)58-39-55-31-27-49-11-8-12-50-28-32-56(40-58)68(55)66(49)50/h1-42H. The van der Waals surface area contributed by atoms with E-state index in [2.05, 4.69) is 255 Å². The van der Waals surface area contributed by atoms with Gasteiger partial charge in [-0.1, -0.05) is 218 Å². The second-order valence-electron chi connectivity index (χ2n) is 19.2. The molecular formula is C69H42. The van der Waals surface area contributed by atoms with E-state index in [-0.39, 0.29) is 0 Å². The van der Waals surface area contributed by atoms with Crippen LogP contribution < -0.4 is 0 Å². The molecule has 14 aromatic carbocycles. The van der Waals surface area contributed by atoms with E-state index in [0.29, 0.717) is 0 Å². The maximum absolute atomic E-state index is 2.47. The molecule has 1 aliphatic rings. The third-order valence-electron chi connectivity index (χ3n) is 15.6. The van der Waals surface area contributed by atoms with Crippen molar-refractivity contribution in [2.75, 3.05) is 0 Å². The predicted molar refractivity (Wildman–Crippen MR) is 293 cm³/mol. The van der Waals surface area contributed by atoms with Crippen LogP contribution in [-0.4, -0.2) is 0 Å². The van der Waals surface area contributed by atoms with Crippen molar-refractivity contribution in [2.45, 2.75) is 5.41 Å². The van der Waals surface area contributed by atoms with Gasteiger partial charge in [-0.25, -0.2) is 0 Å². The van der Waals surface area contributed by atoms with Crippen LogP contribution in [0.5, 0.6) is 0 Å². The molecule has 14 aromatic rings. The third kappa shape index (κ3) is 5.64. The van der Waals surface area contributed by atoms with E-state index in [0.717, 1.165) is 0 Å². The molecule has 0 radical (unpaired) electrons. The van der Waals surface area contributed by atoms with Gasteiger partial charge in [-0.2, -0.15) is 0 Å². The molecule has 1 aliphatic carbocycles. The zero-order chi connectivity index (χ0) is 45.2. The van der Waals surface area contributed by atoms with Crippen molar-refractivity contribution in [1.29, 1.82) is 0 Å². The monoisotopic (exact) mass is 870 g/mol. The highest BCUT2D eigenvalue weighted by atomic mass is 14.5. The molecule has 0 nitrogen and oxygen atoms in total. The van der Waals surface area contributed by atoms with Crippen LogP contribution >= 0.6 is 0 Å². The van der Waals surface area contributed by atoms with Gasteiger partial charge < -0.3 is 0 Å². The predicted octanol–water partition coefficient (Wildman–Crippen LogP) is 18.5. The molecule has 0 atom stereocenters. The SMILES string of the molecule is c1ccc(C2(c3ccccc3)c3cc(-c4ccc(-c5cc6ccc7cccc8ccc(c5)c6c78)cc4)ccc3-c3ccc(-c4ccc(-c5cc6ccc7cccc8ccc(c5)c6c78)cc4)cc32)cc1. The minimum absolute atomic E-state index is 0.535. The van der Waals surface area contributed by atoms with Gasteiger partial charge in [0.15, 0.2) is 0 Å². The second-order valence-corrected chi connectivity index (χ2v) is 19.2. The molecule has 0 amide bonds. The van der Waals surface area contributed by atoms with Gasteiger partial charge in [0.05, 0.1) is 5.41 Å². The summed E-state index contributed by atoms with van der Waals surface area (Å²) in [6.45, 7) is 0. The maximum atomic E-state index is 2.47. The summed E-state index contributed by atoms with van der Waals surface area (Å²) in [5.41, 5.74) is 16.9. The number of hydrogen-bond acceptors (Lipinski definition) is 0. The molecule has 0 saturated heterocycles. The van der Waals surface area contributed by atoms with Gasteiger partial charge in [-0.15, -0.1) is 0 Å². The van der Waals surface area contributed by atoms with E-state index in [9.17, 15) is 0 Å². The molecule has 0 N–H and O–H groups in total. The van der Waals surface area contributed by atoms with Crippen LogP contribution in [0.25, 0.3) is 120 Å². The molecule has 0 bridgehead atoms. The summed E-state index contributed by atoms with van der Waals surface area (Å²) in [4.78, 5) is 0. The van der Waals surface area contributed by atoms with Gasteiger partial charge in [0.2, 0.25) is 0 Å². The first kappa shape index (κ1) is 38.3. The van der Waals surface area contributed by atoms with E-state index >= 15 is 0 Å². The fourth-order valence-corrected chi connectivity index (χ4v) is 12.4. The van der Waals surface area contributed by atoms with Crippen molar-refractivity contribution in [3.63, 3.8) is 0 Å². The van der Waals surface area contributed by atoms with E-state index in [1.54, 1.807) is 0 Å². The van der Waals surface area contributed by atoms with Gasteiger partial charge >= 0.3 is 0 Å². The van der Waals surface area contributed by atoms with E-state index in [4.69, 9.17) is 0 Å². The zero-order valence-corrected chi connectivity index (χ0v) is 37.7. The Morgan fingerprint density at radius 2 is 0.478 bits per heavy atom. The average molecular weight is 871 g/mol. The fourth-order valence-electron chi connectivity index (χ4n) is 12.4. The molecule has 318 valence electrons. The van der Waals surface area contributed by atoms with Crippen molar-refractivity contribution in [3.05, 3.63) is 277 Å². The Hall–Kier alpha value is -8.84. The first-order valence-corrected chi connectivity index (χ1v) is 24.1. The number of rotatable bonds is 6. The van der Waals surface area contributed by atoms with Crippen LogP contribution in [0, 0.1) is 0 Å². The Morgan fingerprint density at radius 1 is 0.188 bits per heavy atom. The number of hydrogen-bond donors (Lipinski definition) is 0. The smallest absolute Gasteiger partial charge is 0.0622 e. The maximum Gasteiger partial charge on any atom is 0.0713 e. The number of benzene rings is 14. The average Bonchev–Trinajstić information content (AvgIpc) is 3.72. The van der Waals surface area contributed by atoms with Gasteiger partial charge in [0.1, 0.15) is 0 Å². The molecule has 0 aromatic heterocycles. The van der Waals surface area contributed by atoms with E-state index in [1.165, 1.54) is 143 Å². The quantitative estimate of drug-likeness (QED) is 0.146. The van der Waals surface area contributed by atoms with Crippen LogP contribution in [-0.2, 0) is 5.41 Å². The summed E-state index contributed by atoms with van der Waals surface area (Å²) in [6.07, 6.45) is 0. The second kappa shape index (κ2) is 14.6. The molecule has 0 heterocycles. The van der Waals surface area contributed by atoms with Crippen LogP contribution in [0.1, 0.15) is 22.3 Å². The number of fused-ring (bicyclic) bond motifs is 3. The van der Waals surface area contributed by atoms with E-state index < -0.39 is 5.41 Å². The van der Waals surface area contributed by atoms with Crippen LogP contribution in [0.2, 0.25) is 0 Å². The summed E-state index contributed by atoms with van der Waals surface area (Å²) >= 11 is 0. The van der Waals surface area contributed by atoms with Crippen LogP contribution in [0.4, 0.5) is 0 Å². The lowest BCUT2D eigenvalue weighted by atomic mass is 9.67. The zero-order valence-electron chi connectivity index (χ0n) is 37.7. The summed E-state index contributed by atoms with van der Waals surface area (Å²) in [6, 6.07) is 95.9. The Bertz CT molecular complexity index is 3900. The first-order chi connectivity index (χ1) is 34.2. The van der Waals surface area contributed by atoms with Gasteiger partial charge in [0, 0.05) is 0 Å². The highest BCUT2D eigenvalue weighted by Crippen LogP contribution is 2.57. The molecule has 0 heteroatoms. The summed E-state index contributed by atoms with van der Waals surface area (Å²) < 4.78 is 0. The van der Waals surface area contributed by atoms with Gasteiger partial charge in [-0.05, 0) is 179 Å². The van der Waals surface area contributed by atoms with E-state index in [1.807, 2.05) is 0 Å². The van der Waals surface area contributed by atoms with Crippen molar-refractivity contribution >= 4 is 64.6 Å². The van der Waals surface area contributed by atoms with Crippen LogP contribution in [0.15, 0.2) is 255 Å². The first-order valence-electron chi connectivity index (χ1n) is 24.1. The molecule has 15 rings (SSSR count). The highest BCUT2D eigenvalue weighted by Gasteiger charge is 2.46. The Morgan fingerprint density at radius 3 is 0.826 bits per heavy atom. The Kier molecular flexibility index (Phi) is 8.09. The normalized spacial score (nSPS) is 13.0. The lowest BCUT2D eigenvalue weighted by Gasteiger charge is -2.34. The summed E-state index contributed by atoms with van der Waals surface area (Å²) in [5.74, 6) is 0. The van der Waals surface area contributed by atoms with Crippen molar-refractivity contribution < 1.29 is 0 Å². The largest absolute Gasteiger partial charge is 0.0713 e. The topological polar surface area (TPSA) is 0 Å². The molecule has 0 spiro atoms. The minimum Gasteiger partial charge on any atom is -0.0622 e. The lowest BCUT2D eigenvalue weighted by molar-refractivity contribution is 0.769. The van der Waals surface area contributed by atoms with Gasteiger partial charge in [-0.3, -0.25) is 0 Å². The summed E-state index contributed by atoms with van der Waals surface area (Å²) in [5, 5.41) is 15.8. The molecule has 0 unspecified atom stereocenters. The fraction of sp³-hybridized carbons (Fsp3) is 0.0145. The molecule has 0 aliphatic heterocycles. The lowest BCUT2D eigenvalue weighted by Crippen LogP contribution is -2.28. The molecular weight excluding hydrogens is 829 g/mol. The van der Waals surface area contributed by atoms with Gasteiger partial charge in [0.25, 0.3) is 0 Å². The molecule has 0 saturated carbocycles. The van der Waals surface area contributed by atoms with Crippen molar-refractivity contribution in [2.24, 2.45) is 0 Å². The molecule has 0 fully saturated rings. The Balaban J connectivity index is 0.827. The van der Waals surface area contributed by atoms with Crippen molar-refractivity contribution in [3.8, 4) is 55.6 Å². The molecule has 69 heavy (non-hydrogen) atoms. The van der Waals surface area contributed by atoms with Crippen LogP contribution in [0.3, 0.4) is 0 Å². The third-order valence-corrected chi connectivity index (χ3v) is 15.6. The van der Waals surface area contributed by atoms with Crippen molar-refractivity contribution in [1.82, 2.24) is 0 Å². The summed E-state index contributed by atoms with van der Waals surface area (Å²) in [7, 11) is 0.